The second kappa shape index (κ2) is 6.22. The largest absolute Gasteiger partial charge is 0.311 e. The molecule has 2 fully saturated rings. The van der Waals surface area contributed by atoms with Crippen molar-refractivity contribution < 1.29 is 4.39 Å². The van der Waals surface area contributed by atoms with Crippen molar-refractivity contribution in [3.8, 4) is 11.1 Å². The summed E-state index contributed by atoms with van der Waals surface area (Å²) in [6.07, 6.45) is 9.65. The van der Waals surface area contributed by atoms with E-state index in [-0.39, 0.29) is 23.0 Å². The average molecular weight is 403 g/mol. The topological polar surface area (TPSA) is 64.2 Å². The molecular weight excluding hydrogens is 381 g/mol. The lowest BCUT2D eigenvalue weighted by Crippen LogP contribution is -2.42. The maximum atomic E-state index is 14.5. The number of aryl methyl sites for hydroxylation is 1. The van der Waals surface area contributed by atoms with Crippen LogP contribution in [-0.4, -0.2) is 31.0 Å². The smallest absolute Gasteiger partial charge is 0.261 e. The van der Waals surface area contributed by atoms with E-state index < -0.39 is 0 Å². The Hall–Kier alpha value is -3.06. The summed E-state index contributed by atoms with van der Waals surface area (Å²) >= 11 is 0. The Morgan fingerprint density at radius 2 is 2.07 bits per heavy atom. The van der Waals surface area contributed by atoms with E-state index in [1.807, 2.05) is 35.9 Å². The minimum absolute atomic E-state index is 0.00103. The second-order valence-corrected chi connectivity index (χ2v) is 8.73. The van der Waals surface area contributed by atoms with Gasteiger partial charge in [0.05, 0.1) is 22.9 Å². The molecule has 1 atom stereocenters. The van der Waals surface area contributed by atoms with E-state index in [4.69, 9.17) is 0 Å². The minimum atomic E-state index is -0.371. The van der Waals surface area contributed by atoms with Gasteiger partial charge in [-0.3, -0.25) is 9.36 Å². The molecule has 30 heavy (non-hydrogen) atoms. The van der Waals surface area contributed by atoms with Crippen molar-refractivity contribution >= 4 is 16.6 Å². The van der Waals surface area contributed by atoms with E-state index >= 15 is 0 Å². The fraction of sp³-hybridized carbons (Fsp3) is 0.348. The summed E-state index contributed by atoms with van der Waals surface area (Å²) in [7, 11) is 0. The molecule has 1 unspecified atom stereocenters. The van der Waals surface area contributed by atoms with Gasteiger partial charge in [0.25, 0.3) is 5.56 Å². The van der Waals surface area contributed by atoms with Gasteiger partial charge in [0.2, 0.25) is 0 Å². The molecule has 1 saturated carbocycles. The highest BCUT2D eigenvalue weighted by atomic mass is 19.1. The summed E-state index contributed by atoms with van der Waals surface area (Å²) in [6, 6.07) is 7.21. The number of hydrogen-bond donors (Lipinski definition) is 1. The molecule has 2 aliphatic rings. The first kappa shape index (κ1) is 17.8. The van der Waals surface area contributed by atoms with Crippen LogP contribution in [0.2, 0.25) is 0 Å². The molecular formula is C23H22FN5O. The van der Waals surface area contributed by atoms with Gasteiger partial charge >= 0.3 is 0 Å². The molecule has 1 aliphatic heterocycles. The van der Waals surface area contributed by atoms with Crippen molar-refractivity contribution in [3.05, 3.63) is 64.9 Å². The number of halogens is 1. The van der Waals surface area contributed by atoms with Crippen molar-refractivity contribution in [2.75, 3.05) is 6.54 Å². The minimum Gasteiger partial charge on any atom is -0.311 e. The number of nitrogens with zero attached hydrogens (tertiary/aromatic N) is 4. The van der Waals surface area contributed by atoms with Crippen LogP contribution in [0.4, 0.5) is 4.39 Å². The first-order valence-corrected chi connectivity index (χ1v) is 10.4. The lowest BCUT2D eigenvalue weighted by atomic mass is 9.97. The highest BCUT2D eigenvalue weighted by Crippen LogP contribution is 2.45. The molecule has 1 aliphatic carbocycles. The number of rotatable bonds is 2. The maximum Gasteiger partial charge on any atom is 0.261 e. The predicted molar refractivity (Wildman–Crippen MR) is 113 cm³/mol. The zero-order valence-corrected chi connectivity index (χ0v) is 16.7. The molecule has 1 saturated heterocycles. The van der Waals surface area contributed by atoms with E-state index in [9.17, 15) is 9.18 Å². The summed E-state index contributed by atoms with van der Waals surface area (Å²) in [5.74, 6) is -0.371. The molecule has 3 aromatic heterocycles. The van der Waals surface area contributed by atoms with Crippen LogP contribution >= 0.6 is 0 Å². The lowest BCUT2D eigenvalue weighted by Gasteiger charge is -2.31. The molecule has 0 bridgehead atoms. The Bertz CT molecular complexity index is 1370. The first-order valence-electron chi connectivity index (χ1n) is 10.4. The predicted octanol–water partition coefficient (Wildman–Crippen LogP) is 3.62. The number of nitrogens with one attached hydrogen (secondary N) is 1. The number of piperidine rings is 1. The van der Waals surface area contributed by atoms with Crippen molar-refractivity contribution in [1.82, 2.24) is 24.3 Å². The van der Waals surface area contributed by atoms with Gasteiger partial charge in [0.15, 0.2) is 11.5 Å². The molecule has 4 aromatic rings. The zero-order valence-electron chi connectivity index (χ0n) is 16.7. The molecule has 1 N–H and O–H groups in total. The third-order valence-electron chi connectivity index (χ3n) is 6.59. The SMILES string of the molecule is Cc1cn2cc(-c3ccc4c(=O)n(C5CCNC6(CC6)C5)cnc4c3)cc(F)c2n1. The van der Waals surface area contributed by atoms with Crippen molar-refractivity contribution in [2.45, 2.75) is 44.2 Å². The third-order valence-corrected chi connectivity index (χ3v) is 6.59. The Balaban J connectivity index is 1.41. The van der Waals surface area contributed by atoms with Crippen molar-refractivity contribution in [1.29, 1.82) is 0 Å². The van der Waals surface area contributed by atoms with Gasteiger partial charge in [-0.05, 0) is 62.9 Å². The van der Waals surface area contributed by atoms with Gasteiger partial charge in [-0.1, -0.05) is 6.07 Å². The van der Waals surface area contributed by atoms with Gasteiger partial charge in [-0.2, -0.15) is 0 Å². The second-order valence-electron chi connectivity index (χ2n) is 8.73. The fourth-order valence-electron chi connectivity index (χ4n) is 4.81. The number of imidazole rings is 1. The third kappa shape index (κ3) is 2.76. The Morgan fingerprint density at radius 3 is 2.90 bits per heavy atom. The summed E-state index contributed by atoms with van der Waals surface area (Å²) in [6.45, 7) is 2.78. The molecule has 4 heterocycles. The molecule has 6 nitrogen and oxygen atoms in total. The monoisotopic (exact) mass is 403 g/mol. The van der Waals surface area contributed by atoms with E-state index in [2.05, 4.69) is 15.3 Å². The molecule has 6 rings (SSSR count). The average Bonchev–Trinajstić information content (AvgIpc) is 3.35. The van der Waals surface area contributed by atoms with Gasteiger partial charge in [-0.25, -0.2) is 14.4 Å². The molecule has 152 valence electrons. The number of fused-ring (bicyclic) bond motifs is 2. The molecule has 1 spiro atoms. The van der Waals surface area contributed by atoms with Crippen LogP contribution in [0.25, 0.3) is 27.7 Å². The molecule has 7 heteroatoms. The fourth-order valence-corrected chi connectivity index (χ4v) is 4.81. The summed E-state index contributed by atoms with van der Waals surface area (Å²) in [4.78, 5) is 22.0. The molecule has 0 amide bonds. The summed E-state index contributed by atoms with van der Waals surface area (Å²) < 4.78 is 18.0. The van der Waals surface area contributed by atoms with Gasteiger partial charge < -0.3 is 9.72 Å². The Kier molecular flexibility index (Phi) is 3.68. The van der Waals surface area contributed by atoms with Crippen LogP contribution < -0.4 is 10.9 Å². The standard InChI is InChI=1S/C23H22FN5O/c1-14-11-28-12-16(8-19(24)21(28)27-14)15-2-3-18-20(9-15)25-13-29(22(18)30)17-4-7-26-23(10-17)5-6-23/h2-3,8-9,11-13,17,26H,4-7,10H2,1H3. The summed E-state index contributed by atoms with van der Waals surface area (Å²) in [5, 5.41) is 4.20. The lowest BCUT2D eigenvalue weighted by molar-refractivity contribution is 0.281. The quantitative estimate of drug-likeness (QED) is 0.555. The number of benzene rings is 1. The van der Waals surface area contributed by atoms with Gasteiger partial charge in [0.1, 0.15) is 0 Å². The van der Waals surface area contributed by atoms with Crippen LogP contribution in [-0.2, 0) is 0 Å². The molecule has 0 radical (unpaired) electrons. The van der Waals surface area contributed by atoms with E-state index in [1.54, 1.807) is 16.9 Å². The first-order chi connectivity index (χ1) is 14.5. The van der Waals surface area contributed by atoms with Crippen LogP contribution in [0.1, 0.15) is 37.4 Å². The highest BCUT2D eigenvalue weighted by molar-refractivity contribution is 5.83. The van der Waals surface area contributed by atoms with E-state index in [0.717, 1.165) is 36.2 Å². The van der Waals surface area contributed by atoms with E-state index in [1.165, 1.54) is 18.9 Å². The van der Waals surface area contributed by atoms with Crippen molar-refractivity contribution in [3.63, 3.8) is 0 Å². The van der Waals surface area contributed by atoms with Crippen molar-refractivity contribution in [2.24, 2.45) is 0 Å². The number of pyridine rings is 1. The number of hydrogen-bond acceptors (Lipinski definition) is 4. The zero-order chi connectivity index (χ0) is 20.5. The Labute approximate surface area is 172 Å². The van der Waals surface area contributed by atoms with Crippen LogP contribution in [0.15, 0.2) is 47.8 Å². The highest BCUT2D eigenvalue weighted by Gasteiger charge is 2.46. The number of aromatic nitrogens is 4. The molecule has 1 aromatic carbocycles. The van der Waals surface area contributed by atoms with Crippen LogP contribution in [0.3, 0.4) is 0 Å². The van der Waals surface area contributed by atoms with Crippen LogP contribution in [0.5, 0.6) is 0 Å². The normalized spacial score (nSPS) is 20.3. The maximum absolute atomic E-state index is 14.5. The van der Waals surface area contributed by atoms with Gasteiger partial charge in [-0.15, -0.1) is 0 Å². The summed E-state index contributed by atoms with van der Waals surface area (Å²) in [5.41, 5.74) is 3.49. The van der Waals surface area contributed by atoms with E-state index in [0.29, 0.717) is 16.6 Å². The van der Waals surface area contributed by atoms with Gasteiger partial charge in [0, 0.05) is 29.5 Å². The van der Waals surface area contributed by atoms with Crippen LogP contribution in [0, 0.1) is 12.7 Å². The Morgan fingerprint density at radius 1 is 1.20 bits per heavy atom.